The predicted molar refractivity (Wildman–Crippen MR) is 68.5 cm³/mol. The number of amides is 2. The molecule has 2 amide bonds. The van der Waals surface area contributed by atoms with Crippen molar-refractivity contribution in [2.24, 2.45) is 5.92 Å². The predicted octanol–water partition coefficient (Wildman–Crippen LogP) is 1.21. The first-order chi connectivity index (χ1) is 8.26. The fourth-order valence-corrected chi connectivity index (χ4v) is 1.17. The normalized spacial score (nSPS) is 12.9. The Morgan fingerprint density at radius 3 is 2.44 bits per heavy atom. The molecule has 0 fully saturated rings. The van der Waals surface area contributed by atoms with Crippen LogP contribution in [0.15, 0.2) is 0 Å². The van der Waals surface area contributed by atoms with Crippen molar-refractivity contribution in [1.82, 2.24) is 10.6 Å². The van der Waals surface area contributed by atoms with Gasteiger partial charge in [-0.1, -0.05) is 6.92 Å². The third-order valence-corrected chi connectivity index (χ3v) is 2.69. The molecule has 6 nitrogen and oxygen atoms in total. The lowest BCUT2D eigenvalue weighted by atomic mass is 10.1. The van der Waals surface area contributed by atoms with E-state index in [4.69, 9.17) is 9.84 Å². The molecule has 0 aliphatic rings. The average molecular weight is 260 g/mol. The van der Waals surface area contributed by atoms with Gasteiger partial charge in [-0.15, -0.1) is 0 Å². The van der Waals surface area contributed by atoms with Gasteiger partial charge in [0.05, 0.1) is 5.60 Å². The zero-order valence-corrected chi connectivity index (χ0v) is 11.6. The van der Waals surface area contributed by atoms with E-state index in [1.54, 1.807) is 7.11 Å². The minimum atomic E-state index is -0.812. The summed E-state index contributed by atoms with van der Waals surface area (Å²) >= 11 is 0. The van der Waals surface area contributed by atoms with Crippen molar-refractivity contribution in [3.8, 4) is 0 Å². The van der Waals surface area contributed by atoms with Crippen molar-refractivity contribution >= 4 is 12.0 Å². The standard InChI is InChI=1S/C12H24N2O4/c1-9(5-6-10(15)16)7-13-11(17)14-8-12(2,3)18-4/h9H,5-8H2,1-4H3,(H,15,16)(H2,13,14,17). The lowest BCUT2D eigenvalue weighted by molar-refractivity contribution is -0.137. The van der Waals surface area contributed by atoms with Gasteiger partial charge >= 0.3 is 12.0 Å². The number of carboxylic acids is 1. The lowest BCUT2D eigenvalue weighted by Crippen LogP contribution is -2.45. The third kappa shape index (κ3) is 8.81. The van der Waals surface area contributed by atoms with Crippen LogP contribution in [0.4, 0.5) is 4.79 Å². The first-order valence-electron chi connectivity index (χ1n) is 6.05. The van der Waals surface area contributed by atoms with Gasteiger partial charge in [-0.25, -0.2) is 4.79 Å². The van der Waals surface area contributed by atoms with Gasteiger partial charge in [-0.3, -0.25) is 4.79 Å². The first kappa shape index (κ1) is 16.7. The van der Waals surface area contributed by atoms with Gasteiger partial charge in [0.2, 0.25) is 0 Å². The number of hydrogen-bond donors (Lipinski definition) is 3. The third-order valence-electron chi connectivity index (χ3n) is 2.69. The molecular formula is C12H24N2O4. The van der Waals surface area contributed by atoms with E-state index in [0.29, 0.717) is 19.5 Å². The number of aliphatic carboxylic acids is 1. The highest BCUT2D eigenvalue weighted by molar-refractivity contribution is 5.73. The van der Waals surface area contributed by atoms with E-state index in [2.05, 4.69) is 10.6 Å². The van der Waals surface area contributed by atoms with Gasteiger partial charge in [0.25, 0.3) is 0 Å². The molecule has 0 saturated heterocycles. The number of urea groups is 1. The van der Waals surface area contributed by atoms with Crippen LogP contribution < -0.4 is 10.6 Å². The van der Waals surface area contributed by atoms with Gasteiger partial charge in [-0.2, -0.15) is 0 Å². The second-order valence-corrected chi connectivity index (χ2v) is 5.06. The number of nitrogens with one attached hydrogen (secondary N) is 2. The largest absolute Gasteiger partial charge is 0.481 e. The van der Waals surface area contributed by atoms with Crippen molar-refractivity contribution in [3.63, 3.8) is 0 Å². The highest BCUT2D eigenvalue weighted by Gasteiger charge is 2.17. The zero-order chi connectivity index (χ0) is 14.2. The van der Waals surface area contributed by atoms with Crippen molar-refractivity contribution in [3.05, 3.63) is 0 Å². The van der Waals surface area contributed by atoms with E-state index >= 15 is 0 Å². The summed E-state index contributed by atoms with van der Waals surface area (Å²) < 4.78 is 5.17. The second-order valence-electron chi connectivity index (χ2n) is 5.06. The number of carbonyl (C=O) groups is 2. The fourth-order valence-electron chi connectivity index (χ4n) is 1.17. The van der Waals surface area contributed by atoms with Gasteiger partial charge < -0.3 is 20.5 Å². The maximum Gasteiger partial charge on any atom is 0.314 e. The maximum absolute atomic E-state index is 11.5. The second kappa shape index (κ2) is 7.92. The summed E-state index contributed by atoms with van der Waals surface area (Å²) in [4.78, 5) is 21.8. The summed E-state index contributed by atoms with van der Waals surface area (Å²) in [5, 5.41) is 13.9. The minimum absolute atomic E-state index is 0.126. The molecule has 18 heavy (non-hydrogen) atoms. The quantitative estimate of drug-likeness (QED) is 0.612. The van der Waals surface area contributed by atoms with E-state index in [0.717, 1.165) is 0 Å². The molecule has 0 rings (SSSR count). The Balaban J connectivity index is 3.73. The van der Waals surface area contributed by atoms with Gasteiger partial charge in [0.15, 0.2) is 0 Å². The van der Waals surface area contributed by atoms with Crippen LogP contribution in [-0.2, 0) is 9.53 Å². The number of ether oxygens (including phenoxy) is 1. The van der Waals surface area contributed by atoms with Gasteiger partial charge in [-0.05, 0) is 26.2 Å². The molecule has 1 atom stereocenters. The van der Waals surface area contributed by atoms with E-state index in [1.165, 1.54) is 0 Å². The summed E-state index contributed by atoms with van der Waals surface area (Å²) in [6.45, 7) is 6.54. The van der Waals surface area contributed by atoms with Crippen LogP contribution in [-0.4, -0.2) is 42.9 Å². The van der Waals surface area contributed by atoms with E-state index in [1.807, 2.05) is 20.8 Å². The molecule has 0 bridgehead atoms. The smallest absolute Gasteiger partial charge is 0.314 e. The SMILES string of the molecule is COC(C)(C)CNC(=O)NCC(C)CCC(=O)O. The number of carbonyl (C=O) groups excluding carboxylic acids is 1. The molecule has 0 saturated carbocycles. The van der Waals surface area contributed by atoms with E-state index in [9.17, 15) is 9.59 Å². The molecule has 0 aliphatic carbocycles. The van der Waals surface area contributed by atoms with Crippen molar-refractivity contribution in [2.75, 3.05) is 20.2 Å². The molecule has 0 radical (unpaired) electrons. The summed E-state index contributed by atoms with van der Waals surface area (Å²) in [7, 11) is 1.59. The Morgan fingerprint density at radius 1 is 1.33 bits per heavy atom. The topological polar surface area (TPSA) is 87.7 Å². The first-order valence-corrected chi connectivity index (χ1v) is 6.05. The van der Waals surface area contributed by atoms with Crippen LogP contribution in [0, 0.1) is 5.92 Å². The van der Waals surface area contributed by atoms with Crippen molar-refractivity contribution in [1.29, 1.82) is 0 Å². The molecule has 3 N–H and O–H groups in total. The highest BCUT2D eigenvalue weighted by atomic mass is 16.5. The zero-order valence-electron chi connectivity index (χ0n) is 11.6. The van der Waals surface area contributed by atoms with Crippen LogP contribution in [0.5, 0.6) is 0 Å². The van der Waals surface area contributed by atoms with Crippen LogP contribution in [0.2, 0.25) is 0 Å². The number of methoxy groups -OCH3 is 1. The molecule has 0 aromatic carbocycles. The summed E-state index contributed by atoms with van der Waals surface area (Å²) in [5.41, 5.74) is -0.397. The monoisotopic (exact) mass is 260 g/mol. The van der Waals surface area contributed by atoms with Crippen LogP contribution in [0.25, 0.3) is 0 Å². The molecule has 0 aromatic rings. The summed E-state index contributed by atoms with van der Waals surface area (Å²) in [6, 6.07) is -0.262. The van der Waals surface area contributed by atoms with Gasteiger partial charge in [0.1, 0.15) is 0 Å². The summed E-state index contributed by atoms with van der Waals surface area (Å²) in [5.74, 6) is -0.671. The minimum Gasteiger partial charge on any atom is -0.481 e. The Labute approximate surface area is 108 Å². The molecule has 106 valence electrons. The molecule has 0 aliphatic heterocycles. The molecule has 0 heterocycles. The fraction of sp³-hybridized carbons (Fsp3) is 0.833. The Bertz CT molecular complexity index is 279. The molecular weight excluding hydrogens is 236 g/mol. The van der Waals surface area contributed by atoms with Crippen LogP contribution in [0.3, 0.4) is 0 Å². The molecule has 6 heteroatoms. The Kier molecular flexibility index (Phi) is 7.35. The van der Waals surface area contributed by atoms with Crippen LogP contribution in [0.1, 0.15) is 33.6 Å². The average Bonchev–Trinajstić information content (AvgIpc) is 2.31. The molecule has 0 spiro atoms. The molecule has 1 unspecified atom stereocenters. The van der Waals surface area contributed by atoms with Crippen molar-refractivity contribution < 1.29 is 19.4 Å². The maximum atomic E-state index is 11.5. The van der Waals surface area contributed by atoms with E-state index in [-0.39, 0.29) is 18.4 Å². The number of hydrogen-bond acceptors (Lipinski definition) is 3. The lowest BCUT2D eigenvalue weighted by Gasteiger charge is -2.23. The van der Waals surface area contributed by atoms with Gasteiger partial charge in [0, 0.05) is 26.6 Å². The Morgan fingerprint density at radius 2 is 1.94 bits per heavy atom. The van der Waals surface area contributed by atoms with Crippen LogP contribution >= 0.6 is 0 Å². The number of carboxylic acid groups (broad SMARTS) is 1. The number of rotatable bonds is 8. The highest BCUT2D eigenvalue weighted by Crippen LogP contribution is 2.05. The molecule has 0 aromatic heterocycles. The Hall–Kier alpha value is -1.30. The van der Waals surface area contributed by atoms with Crippen molar-refractivity contribution in [2.45, 2.75) is 39.2 Å². The van der Waals surface area contributed by atoms with E-state index < -0.39 is 11.6 Å². The summed E-state index contributed by atoms with van der Waals surface area (Å²) in [6.07, 6.45) is 0.681.